The molecule has 0 radical (unpaired) electrons. The molecule has 2 heteroatoms. The molecule has 1 aromatic carbocycles. The van der Waals surface area contributed by atoms with Crippen LogP contribution in [-0.4, -0.2) is 11.1 Å². The van der Waals surface area contributed by atoms with Crippen molar-refractivity contribution in [3.63, 3.8) is 0 Å². The summed E-state index contributed by atoms with van der Waals surface area (Å²) in [5.41, 5.74) is 3.86. The first-order chi connectivity index (χ1) is 8.56. The Morgan fingerprint density at radius 2 is 1.83 bits per heavy atom. The number of nitrogens with one attached hydrogen (secondary N) is 1. The molecule has 1 aromatic rings. The number of phenolic OH excluding ortho intramolecular Hbond substituents is 1. The molecule has 98 valence electrons. The van der Waals surface area contributed by atoms with E-state index in [4.69, 9.17) is 0 Å². The highest BCUT2D eigenvalue weighted by atomic mass is 16.3. The van der Waals surface area contributed by atoms with Gasteiger partial charge in [0.05, 0.1) is 0 Å². The van der Waals surface area contributed by atoms with E-state index in [0.717, 1.165) is 12.3 Å². The standard InChI is InChI=1S/C16H23NO/c1-9-6-12(7-9)17-13-8-11(3)15-10(2)4-5-14(18)16(13)15/h4-5,9,11-13,17-18H,6-8H2,1-3H3. The first kappa shape index (κ1) is 12.0. The zero-order valence-electron chi connectivity index (χ0n) is 11.5. The van der Waals surface area contributed by atoms with Crippen molar-refractivity contribution in [1.29, 1.82) is 0 Å². The minimum absolute atomic E-state index is 0.354. The van der Waals surface area contributed by atoms with Gasteiger partial charge in [-0.05, 0) is 55.2 Å². The molecular formula is C16H23NO. The maximum Gasteiger partial charge on any atom is 0.120 e. The van der Waals surface area contributed by atoms with Crippen LogP contribution in [0, 0.1) is 12.8 Å². The second-order valence-electron chi connectivity index (χ2n) is 6.36. The summed E-state index contributed by atoms with van der Waals surface area (Å²) in [4.78, 5) is 0. The van der Waals surface area contributed by atoms with E-state index < -0.39 is 0 Å². The fourth-order valence-electron chi connectivity index (χ4n) is 3.82. The lowest BCUT2D eigenvalue weighted by molar-refractivity contribution is 0.219. The number of fused-ring (bicyclic) bond motifs is 1. The van der Waals surface area contributed by atoms with Crippen molar-refractivity contribution in [3.8, 4) is 5.75 Å². The normalized spacial score (nSPS) is 34.2. The highest BCUT2D eigenvalue weighted by Crippen LogP contribution is 2.46. The van der Waals surface area contributed by atoms with Gasteiger partial charge in [-0.1, -0.05) is 19.9 Å². The Balaban J connectivity index is 1.86. The Kier molecular flexibility index (Phi) is 2.86. The number of aryl methyl sites for hydroxylation is 1. The van der Waals surface area contributed by atoms with Gasteiger partial charge in [-0.2, -0.15) is 0 Å². The molecule has 3 rings (SSSR count). The van der Waals surface area contributed by atoms with Gasteiger partial charge in [0.2, 0.25) is 0 Å². The smallest absolute Gasteiger partial charge is 0.120 e. The molecule has 0 aromatic heterocycles. The van der Waals surface area contributed by atoms with E-state index in [1.54, 1.807) is 0 Å². The van der Waals surface area contributed by atoms with Crippen LogP contribution in [0.5, 0.6) is 5.75 Å². The van der Waals surface area contributed by atoms with Gasteiger partial charge in [-0.15, -0.1) is 0 Å². The average Bonchev–Trinajstić information content (AvgIpc) is 2.60. The van der Waals surface area contributed by atoms with Crippen molar-refractivity contribution >= 4 is 0 Å². The quantitative estimate of drug-likeness (QED) is 0.833. The largest absolute Gasteiger partial charge is 0.508 e. The number of hydrogen-bond acceptors (Lipinski definition) is 2. The molecule has 0 amide bonds. The third-order valence-electron chi connectivity index (χ3n) is 4.72. The maximum absolute atomic E-state index is 10.2. The minimum Gasteiger partial charge on any atom is -0.508 e. The van der Waals surface area contributed by atoms with Crippen LogP contribution in [0.25, 0.3) is 0 Å². The van der Waals surface area contributed by atoms with Crippen LogP contribution in [0.4, 0.5) is 0 Å². The molecule has 2 nitrogen and oxygen atoms in total. The van der Waals surface area contributed by atoms with Crippen molar-refractivity contribution in [2.24, 2.45) is 5.92 Å². The summed E-state index contributed by atoms with van der Waals surface area (Å²) in [5, 5.41) is 13.9. The van der Waals surface area contributed by atoms with Crippen LogP contribution in [-0.2, 0) is 0 Å². The first-order valence-corrected chi connectivity index (χ1v) is 7.14. The van der Waals surface area contributed by atoms with Crippen LogP contribution in [0.2, 0.25) is 0 Å². The predicted molar refractivity (Wildman–Crippen MR) is 73.9 cm³/mol. The van der Waals surface area contributed by atoms with Crippen molar-refractivity contribution in [3.05, 3.63) is 28.8 Å². The third-order valence-corrected chi connectivity index (χ3v) is 4.72. The summed E-state index contributed by atoms with van der Waals surface area (Å²) in [5.74, 6) is 1.90. The van der Waals surface area contributed by atoms with Gasteiger partial charge in [0.15, 0.2) is 0 Å². The minimum atomic E-state index is 0.354. The van der Waals surface area contributed by atoms with E-state index in [0.29, 0.717) is 23.8 Å². The summed E-state index contributed by atoms with van der Waals surface area (Å²) >= 11 is 0. The number of rotatable bonds is 2. The van der Waals surface area contributed by atoms with Crippen molar-refractivity contribution in [2.75, 3.05) is 0 Å². The Hall–Kier alpha value is -1.02. The van der Waals surface area contributed by atoms with Gasteiger partial charge in [0, 0.05) is 17.6 Å². The molecule has 0 spiro atoms. The lowest BCUT2D eigenvalue weighted by Crippen LogP contribution is -2.41. The molecular weight excluding hydrogens is 222 g/mol. The van der Waals surface area contributed by atoms with Gasteiger partial charge < -0.3 is 10.4 Å². The van der Waals surface area contributed by atoms with E-state index in [-0.39, 0.29) is 0 Å². The number of benzene rings is 1. The van der Waals surface area contributed by atoms with Gasteiger partial charge in [-0.25, -0.2) is 0 Å². The van der Waals surface area contributed by atoms with E-state index in [2.05, 4.69) is 26.1 Å². The molecule has 0 aliphatic heterocycles. The molecule has 2 aliphatic carbocycles. The zero-order chi connectivity index (χ0) is 12.9. The van der Waals surface area contributed by atoms with Crippen LogP contribution < -0.4 is 5.32 Å². The Morgan fingerprint density at radius 3 is 2.50 bits per heavy atom. The second-order valence-corrected chi connectivity index (χ2v) is 6.36. The molecule has 0 bridgehead atoms. The van der Waals surface area contributed by atoms with Gasteiger partial charge in [0.1, 0.15) is 5.75 Å². The monoisotopic (exact) mass is 245 g/mol. The Morgan fingerprint density at radius 1 is 1.11 bits per heavy atom. The fourth-order valence-corrected chi connectivity index (χ4v) is 3.82. The molecule has 2 N–H and O–H groups in total. The molecule has 1 saturated carbocycles. The molecule has 18 heavy (non-hydrogen) atoms. The molecule has 0 saturated heterocycles. The van der Waals surface area contributed by atoms with E-state index in [1.165, 1.54) is 29.5 Å². The number of hydrogen-bond donors (Lipinski definition) is 2. The van der Waals surface area contributed by atoms with Crippen LogP contribution in [0.15, 0.2) is 12.1 Å². The zero-order valence-corrected chi connectivity index (χ0v) is 11.5. The third kappa shape index (κ3) is 1.83. The van der Waals surface area contributed by atoms with Gasteiger partial charge in [0.25, 0.3) is 0 Å². The molecule has 2 aliphatic rings. The second kappa shape index (κ2) is 4.27. The predicted octanol–water partition coefficient (Wildman–Crippen LogP) is 3.64. The van der Waals surface area contributed by atoms with Crippen LogP contribution >= 0.6 is 0 Å². The van der Waals surface area contributed by atoms with Crippen molar-refractivity contribution < 1.29 is 5.11 Å². The molecule has 1 fully saturated rings. The summed E-state index contributed by atoms with van der Waals surface area (Å²) in [6, 6.07) is 4.90. The lowest BCUT2D eigenvalue weighted by atomic mass is 9.81. The Labute approximate surface area is 109 Å². The van der Waals surface area contributed by atoms with Crippen LogP contribution in [0.3, 0.4) is 0 Å². The van der Waals surface area contributed by atoms with E-state index >= 15 is 0 Å². The lowest BCUT2D eigenvalue weighted by Gasteiger charge is -2.36. The highest BCUT2D eigenvalue weighted by Gasteiger charge is 2.35. The summed E-state index contributed by atoms with van der Waals surface area (Å²) in [7, 11) is 0. The average molecular weight is 245 g/mol. The fraction of sp³-hybridized carbons (Fsp3) is 0.625. The number of phenols is 1. The summed E-state index contributed by atoms with van der Waals surface area (Å²) in [6.45, 7) is 6.74. The van der Waals surface area contributed by atoms with Gasteiger partial charge >= 0.3 is 0 Å². The topological polar surface area (TPSA) is 32.3 Å². The maximum atomic E-state index is 10.2. The summed E-state index contributed by atoms with van der Waals surface area (Å²) in [6.07, 6.45) is 3.69. The van der Waals surface area contributed by atoms with E-state index in [9.17, 15) is 5.11 Å². The van der Waals surface area contributed by atoms with Crippen molar-refractivity contribution in [1.82, 2.24) is 5.32 Å². The summed E-state index contributed by atoms with van der Waals surface area (Å²) < 4.78 is 0. The van der Waals surface area contributed by atoms with Crippen LogP contribution in [0.1, 0.15) is 61.8 Å². The van der Waals surface area contributed by atoms with E-state index in [1.807, 2.05) is 12.1 Å². The van der Waals surface area contributed by atoms with Gasteiger partial charge in [-0.3, -0.25) is 0 Å². The Bertz CT molecular complexity index is 462. The van der Waals surface area contributed by atoms with Crippen molar-refractivity contribution in [2.45, 2.75) is 58.0 Å². The first-order valence-electron chi connectivity index (χ1n) is 7.14. The SMILES string of the molecule is Cc1ccc(O)c2c1C(C)CC2NC1CC(C)C1. The molecule has 2 unspecified atom stereocenters. The molecule has 2 atom stereocenters. The molecule has 0 heterocycles. The number of aromatic hydroxyl groups is 1. The highest BCUT2D eigenvalue weighted by molar-refractivity contribution is 5.50.